The molecule has 1 saturated heterocycles. The summed E-state index contributed by atoms with van der Waals surface area (Å²) in [5.74, 6) is 0.543. The van der Waals surface area contributed by atoms with Gasteiger partial charge in [0, 0.05) is 56.7 Å². The molecule has 0 bridgehead atoms. The highest BCUT2D eigenvalue weighted by molar-refractivity contribution is 5.84. The van der Waals surface area contributed by atoms with Crippen LogP contribution in [0.4, 0.5) is 13.2 Å². The number of hydrogen-bond acceptors (Lipinski definition) is 4. The molecule has 5 nitrogen and oxygen atoms in total. The average molecular weight is 466 g/mol. The van der Waals surface area contributed by atoms with Crippen LogP contribution in [-0.2, 0) is 28.7 Å². The summed E-state index contributed by atoms with van der Waals surface area (Å²) in [7, 11) is 0. The first-order valence-corrected chi connectivity index (χ1v) is 12.5. The summed E-state index contributed by atoms with van der Waals surface area (Å²) in [5.41, 5.74) is 0.113. The third-order valence-corrected chi connectivity index (χ3v) is 8.46. The minimum Gasteiger partial charge on any atom is -0.381 e. The predicted octanol–water partition coefficient (Wildman–Crippen LogP) is 4.48. The van der Waals surface area contributed by atoms with E-state index in [0.29, 0.717) is 42.2 Å². The second kappa shape index (κ2) is 9.17. The number of fused-ring (bicyclic) bond motifs is 1. The Kier molecular flexibility index (Phi) is 6.42. The molecule has 5 rings (SSSR count). The topological polar surface area (TPSA) is 54.5 Å². The third-order valence-electron chi connectivity index (χ3n) is 8.46. The van der Waals surface area contributed by atoms with Crippen LogP contribution in [0.2, 0.25) is 0 Å². The Labute approximate surface area is 193 Å². The van der Waals surface area contributed by atoms with Crippen molar-refractivity contribution in [3.8, 4) is 0 Å². The molecule has 2 atom stereocenters. The van der Waals surface area contributed by atoms with E-state index in [2.05, 4.69) is 10.3 Å². The van der Waals surface area contributed by atoms with Gasteiger partial charge in [0.1, 0.15) is 0 Å². The summed E-state index contributed by atoms with van der Waals surface area (Å²) >= 11 is 0. The molecule has 2 aliphatic heterocycles. The molecule has 2 aliphatic carbocycles. The number of aromatic nitrogens is 1. The van der Waals surface area contributed by atoms with Gasteiger partial charge in [-0.15, -0.1) is 0 Å². The van der Waals surface area contributed by atoms with Crippen LogP contribution in [0.25, 0.3) is 0 Å². The zero-order chi connectivity index (χ0) is 23.1. The van der Waals surface area contributed by atoms with Crippen LogP contribution < -0.4 is 5.32 Å². The molecule has 3 heterocycles. The SMILES string of the molecule is O=C(N1CCc2ncc(C(F)(F)F)cc2C1)[C@@]1(C2CCCC2)CC[C@@H](NC2CCOCC2)C1. The highest BCUT2D eigenvalue weighted by Gasteiger charge is 2.53. The zero-order valence-corrected chi connectivity index (χ0v) is 19.1. The Hall–Kier alpha value is -1.67. The molecule has 0 unspecified atom stereocenters. The lowest BCUT2D eigenvalue weighted by atomic mass is 9.71. The maximum absolute atomic E-state index is 14.1. The summed E-state index contributed by atoms with van der Waals surface area (Å²) < 4.78 is 45.2. The van der Waals surface area contributed by atoms with Gasteiger partial charge < -0.3 is 15.0 Å². The van der Waals surface area contributed by atoms with Gasteiger partial charge in [0.05, 0.1) is 11.0 Å². The van der Waals surface area contributed by atoms with Crippen LogP contribution in [0.3, 0.4) is 0 Å². The van der Waals surface area contributed by atoms with E-state index in [1.165, 1.54) is 18.9 Å². The van der Waals surface area contributed by atoms with Crippen molar-refractivity contribution in [3.05, 3.63) is 29.1 Å². The molecular formula is C25H34F3N3O2. The van der Waals surface area contributed by atoms with Crippen molar-refractivity contribution in [2.24, 2.45) is 11.3 Å². The van der Waals surface area contributed by atoms with Crippen molar-refractivity contribution in [2.75, 3.05) is 19.8 Å². The quantitative estimate of drug-likeness (QED) is 0.712. The Morgan fingerprint density at radius 2 is 1.88 bits per heavy atom. The standard InChI is InChI=1S/C25H34F3N3O2/c26-25(27,28)19-13-17-16-31(10-6-22(17)29-15-19)23(32)24(18-3-1-2-4-18)9-5-21(14-24)30-20-7-11-33-12-8-20/h13,15,18,20-21,30H,1-12,14,16H2/t21-,24+/m1/s1. The molecule has 0 radical (unpaired) electrons. The molecule has 2 saturated carbocycles. The summed E-state index contributed by atoms with van der Waals surface area (Å²) in [6, 6.07) is 1.97. The van der Waals surface area contributed by atoms with Crippen LogP contribution in [-0.4, -0.2) is 47.6 Å². The number of alkyl halides is 3. The van der Waals surface area contributed by atoms with Gasteiger partial charge in [0.15, 0.2) is 0 Å². The summed E-state index contributed by atoms with van der Waals surface area (Å²) in [6.45, 7) is 2.35. The van der Waals surface area contributed by atoms with E-state index in [1.807, 2.05) is 4.90 Å². The van der Waals surface area contributed by atoms with E-state index in [4.69, 9.17) is 4.74 Å². The number of carbonyl (C=O) groups excluding carboxylic acids is 1. The molecule has 3 fully saturated rings. The van der Waals surface area contributed by atoms with Crippen molar-refractivity contribution >= 4 is 5.91 Å². The fourth-order valence-corrected chi connectivity index (χ4v) is 6.70. The molecular weight excluding hydrogens is 431 g/mol. The third kappa shape index (κ3) is 4.65. The molecule has 4 aliphatic rings. The first kappa shape index (κ1) is 23.1. The van der Waals surface area contributed by atoms with E-state index in [0.717, 1.165) is 64.4 Å². The molecule has 1 amide bonds. The molecule has 1 aromatic rings. The molecule has 0 spiro atoms. The first-order valence-electron chi connectivity index (χ1n) is 12.5. The molecule has 1 aromatic heterocycles. The Balaban J connectivity index is 1.34. The fraction of sp³-hybridized carbons (Fsp3) is 0.760. The monoisotopic (exact) mass is 465 g/mol. The predicted molar refractivity (Wildman–Crippen MR) is 117 cm³/mol. The maximum atomic E-state index is 14.1. The number of carbonyl (C=O) groups is 1. The number of rotatable bonds is 4. The lowest BCUT2D eigenvalue weighted by molar-refractivity contribution is -0.146. The lowest BCUT2D eigenvalue weighted by Crippen LogP contribution is -2.49. The maximum Gasteiger partial charge on any atom is 0.417 e. The van der Waals surface area contributed by atoms with Crippen LogP contribution >= 0.6 is 0 Å². The minimum atomic E-state index is -4.42. The molecule has 33 heavy (non-hydrogen) atoms. The van der Waals surface area contributed by atoms with Crippen molar-refractivity contribution in [3.63, 3.8) is 0 Å². The number of pyridine rings is 1. The van der Waals surface area contributed by atoms with Gasteiger partial charge in [-0.2, -0.15) is 13.2 Å². The van der Waals surface area contributed by atoms with Crippen molar-refractivity contribution < 1.29 is 22.7 Å². The number of halogens is 3. The second-order valence-corrected chi connectivity index (χ2v) is 10.4. The Morgan fingerprint density at radius 3 is 2.61 bits per heavy atom. The van der Waals surface area contributed by atoms with Gasteiger partial charge in [-0.3, -0.25) is 9.78 Å². The molecule has 8 heteroatoms. The first-order chi connectivity index (χ1) is 15.8. The lowest BCUT2D eigenvalue weighted by Gasteiger charge is -2.41. The van der Waals surface area contributed by atoms with E-state index < -0.39 is 11.7 Å². The number of hydrogen-bond donors (Lipinski definition) is 1. The van der Waals surface area contributed by atoms with Crippen molar-refractivity contribution in [2.45, 2.75) is 89.0 Å². The number of nitrogens with zero attached hydrogens (tertiary/aromatic N) is 2. The highest BCUT2D eigenvalue weighted by Crippen LogP contribution is 2.52. The Morgan fingerprint density at radius 1 is 1.12 bits per heavy atom. The second-order valence-electron chi connectivity index (χ2n) is 10.4. The van der Waals surface area contributed by atoms with Crippen LogP contribution in [0.5, 0.6) is 0 Å². The molecule has 182 valence electrons. The normalized spacial score (nSPS) is 29.4. The van der Waals surface area contributed by atoms with Gasteiger partial charge in [-0.05, 0) is 62.5 Å². The van der Waals surface area contributed by atoms with Gasteiger partial charge >= 0.3 is 6.18 Å². The largest absolute Gasteiger partial charge is 0.417 e. The average Bonchev–Trinajstić information content (AvgIpc) is 3.49. The highest BCUT2D eigenvalue weighted by atomic mass is 19.4. The smallest absolute Gasteiger partial charge is 0.381 e. The van der Waals surface area contributed by atoms with E-state index >= 15 is 0 Å². The molecule has 1 N–H and O–H groups in total. The zero-order valence-electron chi connectivity index (χ0n) is 19.1. The van der Waals surface area contributed by atoms with E-state index in [-0.39, 0.29) is 17.9 Å². The van der Waals surface area contributed by atoms with Crippen LogP contribution in [0.15, 0.2) is 12.3 Å². The van der Waals surface area contributed by atoms with Crippen molar-refractivity contribution in [1.29, 1.82) is 0 Å². The summed E-state index contributed by atoms with van der Waals surface area (Å²) in [4.78, 5) is 20.0. The van der Waals surface area contributed by atoms with Gasteiger partial charge in [-0.25, -0.2) is 0 Å². The minimum absolute atomic E-state index is 0.161. The number of ether oxygens (including phenoxy) is 1. The van der Waals surface area contributed by atoms with Gasteiger partial charge in [0.2, 0.25) is 5.91 Å². The fourth-order valence-electron chi connectivity index (χ4n) is 6.70. The molecule has 0 aromatic carbocycles. The van der Waals surface area contributed by atoms with Gasteiger partial charge in [0.25, 0.3) is 0 Å². The number of nitrogens with one attached hydrogen (secondary N) is 1. The van der Waals surface area contributed by atoms with Crippen LogP contribution in [0, 0.1) is 11.3 Å². The summed E-state index contributed by atoms with van der Waals surface area (Å²) in [6.07, 6.45) is 6.25. The van der Waals surface area contributed by atoms with Crippen LogP contribution in [0.1, 0.15) is 74.6 Å². The Bertz CT molecular complexity index is 865. The van der Waals surface area contributed by atoms with Gasteiger partial charge in [-0.1, -0.05) is 12.8 Å². The number of amides is 1. The summed E-state index contributed by atoms with van der Waals surface area (Å²) in [5, 5.41) is 3.81. The van der Waals surface area contributed by atoms with Crippen molar-refractivity contribution in [1.82, 2.24) is 15.2 Å². The van der Waals surface area contributed by atoms with E-state index in [1.54, 1.807) is 0 Å². The van der Waals surface area contributed by atoms with E-state index in [9.17, 15) is 18.0 Å².